The summed E-state index contributed by atoms with van der Waals surface area (Å²) < 4.78 is 6.41. The number of carbonyl (C=O) groups excluding carboxylic acids is 1. The Balaban J connectivity index is 1.32. The van der Waals surface area contributed by atoms with Gasteiger partial charge in [-0.05, 0) is 49.2 Å². The number of amides is 1. The number of piperidine rings is 1. The maximum absolute atomic E-state index is 12.6. The van der Waals surface area contributed by atoms with Gasteiger partial charge >= 0.3 is 0 Å². The van der Waals surface area contributed by atoms with E-state index in [1.807, 2.05) is 36.4 Å². The minimum Gasteiger partial charge on any atom is -0.352 e. The summed E-state index contributed by atoms with van der Waals surface area (Å²) in [6.45, 7) is 2.69. The molecule has 1 fully saturated rings. The summed E-state index contributed by atoms with van der Waals surface area (Å²) in [5.41, 5.74) is 1.95. The molecule has 0 aliphatic carbocycles. The summed E-state index contributed by atoms with van der Waals surface area (Å²) in [6.07, 6.45) is 5.33. The van der Waals surface area contributed by atoms with Crippen molar-refractivity contribution < 1.29 is 9.32 Å². The molecule has 4 rings (SSSR count). The Morgan fingerprint density at radius 1 is 1.28 bits per heavy atom. The fraction of sp³-hybridized carbons (Fsp3) is 0.333. The largest absolute Gasteiger partial charge is 0.352 e. The molecule has 1 saturated heterocycles. The van der Waals surface area contributed by atoms with Gasteiger partial charge in [-0.2, -0.15) is 4.98 Å². The fourth-order valence-electron chi connectivity index (χ4n) is 3.50. The van der Waals surface area contributed by atoms with Crippen molar-refractivity contribution in [2.24, 2.45) is 5.92 Å². The van der Waals surface area contributed by atoms with Gasteiger partial charge in [0.1, 0.15) is 0 Å². The SMILES string of the molecule is O=C(NCc1ccncc1)C1CCCN(Cc2nc(-c3cccc(Br)c3)no2)C1. The molecule has 0 radical (unpaired) electrons. The molecule has 1 aliphatic rings. The molecule has 7 nitrogen and oxygen atoms in total. The molecule has 1 aromatic carbocycles. The number of aromatic nitrogens is 3. The Labute approximate surface area is 177 Å². The predicted octanol–water partition coefficient (Wildman–Crippen LogP) is 3.42. The molecule has 1 unspecified atom stereocenters. The van der Waals surface area contributed by atoms with Gasteiger partial charge in [-0.25, -0.2) is 0 Å². The second-order valence-electron chi connectivity index (χ2n) is 7.17. The van der Waals surface area contributed by atoms with Crippen molar-refractivity contribution in [2.45, 2.75) is 25.9 Å². The first-order valence-corrected chi connectivity index (χ1v) is 10.4. The van der Waals surface area contributed by atoms with Crippen molar-refractivity contribution in [3.8, 4) is 11.4 Å². The number of hydrogen-bond acceptors (Lipinski definition) is 6. The van der Waals surface area contributed by atoms with Gasteiger partial charge in [0.2, 0.25) is 17.6 Å². The molecule has 0 spiro atoms. The monoisotopic (exact) mass is 455 g/mol. The number of nitrogens with one attached hydrogen (secondary N) is 1. The minimum absolute atomic E-state index is 0.0296. The second kappa shape index (κ2) is 9.28. The fourth-order valence-corrected chi connectivity index (χ4v) is 3.90. The third kappa shape index (κ3) is 5.27. The predicted molar refractivity (Wildman–Crippen MR) is 112 cm³/mol. The molecule has 1 aliphatic heterocycles. The van der Waals surface area contributed by atoms with Gasteiger partial charge < -0.3 is 9.84 Å². The highest BCUT2D eigenvalue weighted by atomic mass is 79.9. The molecule has 3 heterocycles. The lowest BCUT2D eigenvalue weighted by Gasteiger charge is -2.30. The smallest absolute Gasteiger partial charge is 0.241 e. The molecule has 3 aromatic rings. The Kier molecular flexibility index (Phi) is 6.31. The summed E-state index contributed by atoms with van der Waals surface area (Å²) in [6, 6.07) is 11.6. The van der Waals surface area contributed by atoms with E-state index in [2.05, 4.69) is 41.3 Å². The number of rotatable bonds is 6. The lowest BCUT2D eigenvalue weighted by molar-refractivity contribution is -0.127. The van der Waals surface area contributed by atoms with E-state index in [-0.39, 0.29) is 11.8 Å². The van der Waals surface area contributed by atoms with E-state index in [9.17, 15) is 4.79 Å². The quantitative estimate of drug-likeness (QED) is 0.612. The van der Waals surface area contributed by atoms with Gasteiger partial charge in [-0.1, -0.05) is 33.2 Å². The number of benzene rings is 1. The Bertz CT molecular complexity index is 962. The first-order valence-electron chi connectivity index (χ1n) is 9.65. The molecular formula is C21H22BrN5O2. The number of carbonyl (C=O) groups is 1. The number of hydrogen-bond donors (Lipinski definition) is 1. The van der Waals surface area contributed by atoms with Gasteiger partial charge in [0, 0.05) is 35.5 Å². The average Bonchev–Trinajstić information content (AvgIpc) is 3.21. The standard InChI is InChI=1S/C21H22BrN5O2/c22-18-5-1-3-16(11-18)20-25-19(29-26-20)14-27-10-2-4-17(13-27)21(28)24-12-15-6-8-23-9-7-15/h1,3,5-9,11,17H,2,4,10,12-14H2,(H,24,28). The Hall–Kier alpha value is -2.58. The molecule has 0 saturated carbocycles. The van der Waals surface area contributed by atoms with Crippen molar-refractivity contribution in [3.63, 3.8) is 0 Å². The zero-order chi connectivity index (χ0) is 20.1. The van der Waals surface area contributed by atoms with Gasteiger partial charge in [-0.15, -0.1) is 0 Å². The van der Waals surface area contributed by atoms with E-state index in [4.69, 9.17) is 4.52 Å². The van der Waals surface area contributed by atoms with Crippen molar-refractivity contribution in [1.29, 1.82) is 0 Å². The maximum atomic E-state index is 12.6. The van der Waals surface area contributed by atoms with Crippen LogP contribution in [0.4, 0.5) is 0 Å². The van der Waals surface area contributed by atoms with Gasteiger partial charge in [0.05, 0.1) is 12.5 Å². The van der Waals surface area contributed by atoms with Crippen molar-refractivity contribution >= 4 is 21.8 Å². The van der Waals surface area contributed by atoms with Crippen LogP contribution in [0.15, 0.2) is 57.8 Å². The van der Waals surface area contributed by atoms with Crippen molar-refractivity contribution in [2.75, 3.05) is 13.1 Å². The normalized spacial score (nSPS) is 17.2. The van der Waals surface area contributed by atoms with Crippen LogP contribution in [0.1, 0.15) is 24.3 Å². The lowest BCUT2D eigenvalue weighted by Crippen LogP contribution is -2.42. The molecule has 1 atom stereocenters. The first kappa shape index (κ1) is 19.7. The van der Waals surface area contributed by atoms with E-state index < -0.39 is 0 Å². The van der Waals surface area contributed by atoms with E-state index in [1.165, 1.54) is 0 Å². The van der Waals surface area contributed by atoms with Crippen LogP contribution in [-0.2, 0) is 17.9 Å². The molecule has 8 heteroatoms. The van der Waals surface area contributed by atoms with Gasteiger partial charge in [-0.3, -0.25) is 14.7 Å². The van der Waals surface area contributed by atoms with Gasteiger partial charge in [0.25, 0.3) is 0 Å². The Morgan fingerprint density at radius 3 is 2.97 bits per heavy atom. The zero-order valence-electron chi connectivity index (χ0n) is 15.9. The highest BCUT2D eigenvalue weighted by Crippen LogP contribution is 2.22. The van der Waals surface area contributed by atoms with Crippen molar-refractivity contribution in [1.82, 2.24) is 25.3 Å². The number of halogens is 1. The van der Waals surface area contributed by atoms with Crippen LogP contribution in [0, 0.1) is 5.92 Å². The highest BCUT2D eigenvalue weighted by Gasteiger charge is 2.26. The van der Waals surface area contributed by atoms with Crippen LogP contribution in [-0.4, -0.2) is 39.0 Å². The number of pyridine rings is 1. The van der Waals surface area contributed by atoms with Crippen LogP contribution in [0.2, 0.25) is 0 Å². The molecular weight excluding hydrogens is 434 g/mol. The Morgan fingerprint density at radius 2 is 2.14 bits per heavy atom. The van der Waals surface area contributed by atoms with Crippen molar-refractivity contribution in [3.05, 3.63) is 64.7 Å². The van der Waals surface area contributed by atoms with E-state index in [0.717, 1.165) is 35.0 Å². The summed E-state index contributed by atoms with van der Waals surface area (Å²) in [5.74, 6) is 1.20. The second-order valence-corrected chi connectivity index (χ2v) is 8.09. The third-order valence-corrected chi connectivity index (χ3v) is 5.50. The molecule has 1 amide bonds. The lowest BCUT2D eigenvalue weighted by atomic mass is 9.97. The molecule has 0 bridgehead atoms. The van der Waals surface area contributed by atoms with Gasteiger partial charge in [0.15, 0.2) is 0 Å². The molecule has 29 heavy (non-hydrogen) atoms. The molecule has 1 N–H and O–H groups in total. The van der Waals surface area contributed by atoms with Crippen LogP contribution in [0.3, 0.4) is 0 Å². The maximum Gasteiger partial charge on any atom is 0.241 e. The summed E-state index contributed by atoms with van der Waals surface area (Å²) in [4.78, 5) is 23.3. The average molecular weight is 456 g/mol. The van der Waals surface area contributed by atoms with E-state index >= 15 is 0 Å². The third-order valence-electron chi connectivity index (χ3n) is 5.00. The molecule has 2 aromatic heterocycles. The van der Waals surface area contributed by atoms with E-state index in [1.54, 1.807) is 12.4 Å². The summed E-state index contributed by atoms with van der Waals surface area (Å²) >= 11 is 3.46. The van der Waals surface area contributed by atoms with Crippen LogP contribution in [0.5, 0.6) is 0 Å². The minimum atomic E-state index is -0.0296. The number of likely N-dealkylation sites (tertiary alicyclic amines) is 1. The van der Waals surface area contributed by atoms with Crippen LogP contribution < -0.4 is 5.32 Å². The zero-order valence-corrected chi connectivity index (χ0v) is 17.5. The highest BCUT2D eigenvalue weighted by molar-refractivity contribution is 9.10. The summed E-state index contributed by atoms with van der Waals surface area (Å²) in [5, 5.41) is 7.13. The van der Waals surface area contributed by atoms with Crippen LogP contribution >= 0.6 is 15.9 Å². The summed E-state index contributed by atoms with van der Waals surface area (Å²) in [7, 11) is 0. The first-order chi connectivity index (χ1) is 14.2. The molecule has 150 valence electrons. The van der Waals surface area contributed by atoms with Crippen LogP contribution in [0.25, 0.3) is 11.4 Å². The van der Waals surface area contributed by atoms with E-state index in [0.29, 0.717) is 31.3 Å². The topological polar surface area (TPSA) is 84.2 Å². The number of nitrogens with zero attached hydrogens (tertiary/aromatic N) is 4.